The third-order valence-electron chi connectivity index (χ3n) is 7.86. The second-order valence-electron chi connectivity index (χ2n) is 10.9. The van der Waals surface area contributed by atoms with Gasteiger partial charge in [0.1, 0.15) is 12.2 Å². The van der Waals surface area contributed by atoms with Crippen LogP contribution in [-0.4, -0.2) is 66.2 Å². The van der Waals surface area contributed by atoms with Gasteiger partial charge in [-0.05, 0) is 70.4 Å². The Morgan fingerprint density at radius 3 is 2.51 bits per heavy atom. The fourth-order valence-electron chi connectivity index (χ4n) is 5.62. The third-order valence-corrected chi connectivity index (χ3v) is 8.10. The van der Waals surface area contributed by atoms with Crippen molar-refractivity contribution in [1.82, 2.24) is 34.7 Å². The molecule has 1 unspecified atom stereocenters. The van der Waals surface area contributed by atoms with E-state index in [4.69, 9.17) is 21.3 Å². The van der Waals surface area contributed by atoms with E-state index in [0.717, 1.165) is 22.5 Å². The Kier molecular flexibility index (Phi) is 9.23. The van der Waals surface area contributed by atoms with E-state index in [-0.39, 0.29) is 18.7 Å². The molecule has 0 saturated heterocycles. The van der Waals surface area contributed by atoms with Crippen molar-refractivity contribution in [3.8, 4) is 28.1 Å². The number of methoxy groups -OCH3 is 1. The van der Waals surface area contributed by atoms with E-state index < -0.39 is 12.1 Å². The molecular weight excluding hydrogens is 620 g/mol. The highest BCUT2D eigenvalue weighted by atomic mass is 35.5. The number of aryl methyl sites for hydroxylation is 1. The zero-order valence-corrected chi connectivity index (χ0v) is 26.4. The third kappa shape index (κ3) is 6.83. The van der Waals surface area contributed by atoms with Gasteiger partial charge in [0, 0.05) is 41.6 Å². The summed E-state index contributed by atoms with van der Waals surface area (Å²) >= 11 is 6.38. The summed E-state index contributed by atoms with van der Waals surface area (Å²) in [6.07, 6.45) is 2.66. The second-order valence-corrected chi connectivity index (χ2v) is 11.3. The number of amides is 1. The van der Waals surface area contributed by atoms with E-state index in [1.54, 1.807) is 41.1 Å². The first-order chi connectivity index (χ1) is 22.8. The van der Waals surface area contributed by atoms with E-state index in [0.29, 0.717) is 39.8 Å². The first-order valence-electron chi connectivity index (χ1n) is 14.8. The van der Waals surface area contributed by atoms with Crippen LogP contribution in [0.15, 0.2) is 102 Å². The van der Waals surface area contributed by atoms with Gasteiger partial charge in [0.2, 0.25) is 0 Å². The molecule has 6 rings (SSSR count). The quantitative estimate of drug-likeness (QED) is 0.179. The molecule has 2 N–H and O–H groups in total. The van der Waals surface area contributed by atoms with Crippen LogP contribution in [0.5, 0.6) is 0 Å². The SMILES string of the molecule is COCCN(C(=O)O)c1ccc(-c2cnc(C(Cc3ccccc3)n3c(C)cc(-c4cc(Cl)ccc4-n4cnnn4)cc3=O)[nH]2)cc1. The summed E-state index contributed by atoms with van der Waals surface area (Å²) in [5, 5.41) is 21.7. The Balaban J connectivity index is 1.37. The Bertz CT molecular complexity index is 2040. The molecule has 0 fully saturated rings. The zero-order chi connectivity index (χ0) is 32.9. The number of pyridine rings is 1. The summed E-state index contributed by atoms with van der Waals surface area (Å²) in [5.74, 6) is 0.607. The topological polar surface area (TPSA) is 144 Å². The van der Waals surface area contributed by atoms with E-state index in [9.17, 15) is 14.7 Å². The number of H-pyrrole nitrogens is 1. The Hall–Kier alpha value is -5.59. The number of ether oxygens (including phenoxy) is 1. The maximum Gasteiger partial charge on any atom is 0.411 e. The van der Waals surface area contributed by atoms with Crippen LogP contribution in [0.25, 0.3) is 28.1 Å². The Labute approximate surface area is 274 Å². The summed E-state index contributed by atoms with van der Waals surface area (Å²) in [5.41, 5.74) is 5.71. The minimum Gasteiger partial charge on any atom is -0.465 e. The number of halogens is 1. The Morgan fingerprint density at radius 1 is 1.04 bits per heavy atom. The zero-order valence-electron chi connectivity index (χ0n) is 25.6. The largest absolute Gasteiger partial charge is 0.465 e. The number of tetrazole rings is 1. The molecule has 0 bridgehead atoms. The number of carbonyl (C=O) groups is 1. The summed E-state index contributed by atoms with van der Waals surface area (Å²) in [6.45, 7) is 2.38. The molecular formula is C34H31ClN8O4. The van der Waals surface area contributed by atoms with Crippen LogP contribution in [-0.2, 0) is 11.2 Å². The average molecular weight is 651 g/mol. The minimum atomic E-state index is -1.06. The van der Waals surface area contributed by atoms with E-state index >= 15 is 0 Å². The number of imidazole rings is 1. The molecule has 0 aliphatic rings. The second kappa shape index (κ2) is 13.8. The number of hydrogen-bond acceptors (Lipinski definition) is 7. The number of aromatic amines is 1. The van der Waals surface area contributed by atoms with Crippen LogP contribution in [0.1, 0.15) is 23.1 Å². The molecule has 6 aromatic rings. The first-order valence-corrected chi connectivity index (χ1v) is 15.2. The van der Waals surface area contributed by atoms with Crippen molar-refractivity contribution in [2.75, 3.05) is 25.2 Å². The summed E-state index contributed by atoms with van der Waals surface area (Å²) in [6, 6.07) is 25.5. The lowest BCUT2D eigenvalue weighted by Gasteiger charge is -2.22. The van der Waals surface area contributed by atoms with Gasteiger partial charge in [-0.25, -0.2) is 9.78 Å². The molecule has 0 saturated carbocycles. The number of aromatic nitrogens is 7. The minimum absolute atomic E-state index is 0.212. The van der Waals surface area contributed by atoms with E-state index in [1.807, 2.05) is 61.5 Å². The maximum atomic E-state index is 14.0. The number of rotatable bonds is 11. The highest BCUT2D eigenvalue weighted by Crippen LogP contribution is 2.31. The van der Waals surface area contributed by atoms with Crippen LogP contribution in [0.4, 0.5) is 10.5 Å². The fraction of sp³-hybridized carbons (Fsp3) is 0.176. The van der Waals surface area contributed by atoms with Crippen LogP contribution in [0.2, 0.25) is 5.02 Å². The molecule has 12 nitrogen and oxygen atoms in total. The lowest BCUT2D eigenvalue weighted by Crippen LogP contribution is -2.32. The highest BCUT2D eigenvalue weighted by Gasteiger charge is 2.23. The maximum absolute atomic E-state index is 14.0. The van der Waals surface area contributed by atoms with Gasteiger partial charge >= 0.3 is 6.09 Å². The fourth-order valence-corrected chi connectivity index (χ4v) is 5.79. The number of hydrogen-bond donors (Lipinski definition) is 2. The van der Waals surface area contributed by atoms with Crippen molar-refractivity contribution < 1.29 is 14.6 Å². The Morgan fingerprint density at radius 2 is 1.83 bits per heavy atom. The monoisotopic (exact) mass is 650 g/mol. The normalized spacial score (nSPS) is 11.8. The van der Waals surface area contributed by atoms with Crippen molar-refractivity contribution >= 4 is 23.4 Å². The van der Waals surface area contributed by atoms with Gasteiger partial charge in [-0.1, -0.05) is 54.1 Å². The molecule has 13 heteroatoms. The standard InChI is InChI=1S/C34H31ClN8O4/c1-22-16-25(28-19-26(35)10-13-30(28)42-21-37-39-40-42)18-32(44)43(22)31(17-23-6-4-3-5-7-23)33-36-20-29(38-33)24-8-11-27(12-9-24)41(34(45)46)14-15-47-2/h3-13,16,18-21,31H,14-15,17H2,1-2H3,(H,36,38)(H,45,46). The van der Waals surface area contributed by atoms with Gasteiger partial charge in [-0.15, -0.1) is 5.10 Å². The molecule has 47 heavy (non-hydrogen) atoms. The smallest absolute Gasteiger partial charge is 0.411 e. The number of nitrogens with one attached hydrogen (secondary N) is 1. The molecule has 1 atom stereocenters. The first kappa shape index (κ1) is 31.4. The van der Waals surface area contributed by atoms with Crippen molar-refractivity contribution in [2.45, 2.75) is 19.4 Å². The number of nitrogens with zero attached hydrogens (tertiary/aromatic N) is 7. The molecule has 1 amide bonds. The molecule has 3 aromatic carbocycles. The van der Waals surface area contributed by atoms with Gasteiger partial charge in [0.05, 0.1) is 36.8 Å². The van der Waals surface area contributed by atoms with Crippen molar-refractivity contribution in [3.63, 3.8) is 0 Å². The molecule has 238 valence electrons. The highest BCUT2D eigenvalue weighted by molar-refractivity contribution is 6.31. The summed E-state index contributed by atoms with van der Waals surface area (Å²) < 4.78 is 8.32. The van der Waals surface area contributed by atoms with Crippen molar-refractivity contribution in [1.29, 1.82) is 0 Å². The van der Waals surface area contributed by atoms with Gasteiger partial charge < -0.3 is 19.4 Å². The molecule has 0 aliphatic carbocycles. The lowest BCUT2D eigenvalue weighted by atomic mass is 10.0. The van der Waals surface area contributed by atoms with E-state index in [2.05, 4.69) is 20.5 Å². The van der Waals surface area contributed by atoms with Gasteiger partial charge in [-0.3, -0.25) is 9.69 Å². The van der Waals surface area contributed by atoms with Crippen LogP contribution < -0.4 is 10.5 Å². The molecule has 0 radical (unpaired) electrons. The van der Waals surface area contributed by atoms with Crippen LogP contribution in [0, 0.1) is 6.92 Å². The summed E-state index contributed by atoms with van der Waals surface area (Å²) in [4.78, 5) is 35.2. The van der Waals surface area contributed by atoms with Gasteiger partial charge in [0.25, 0.3) is 5.56 Å². The number of anilines is 1. The van der Waals surface area contributed by atoms with Gasteiger partial charge in [-0.2, -0.15) is 4.68 Å². The number of benzene rings is 3. The van der Waals surface area contributed by atoms with Gasteiger partial charge in [0.15, 0.2) is 0 Å². The predicted octanol–water partition coefficient (Wildman–Crippen LogP) is 5.81. The molecule has 3 heterocycles. The summed E-state index contributed by atoms with van der Waals surface area (Å²) in [7, 11) is 1.53. The molecule has 0 aliphatic heterocycles. The van der Waals surface area contributed by atoms with Crippen molar-refractivity contribution in [3.05, 3.63) is 130 Å². The van der Waals surface area contributed by atoms with Crippen LogP contribution in [0.3, 0.4) is 0 Å². The number of carboxylic acid groups (broad SMARTS) is 1. The molecule has 3 aromatic heterocycles. The average Bonchev–Trinajstić information content (AvgIpc) is 3.78. The van der Waals surface area contributed by atoms with Crippen molar-refractivity contribution in [2.24, 2.45) is 0 Å². The van der Waals surface area contributed by atoms with Crippen LogP contribution >= 0.6 is 11.6 Å². The van der Waals surface area contributed by atoms with E-state index in [1.165, 1.54) is 23.0 Å². The molecule has 0 spiro atoms. The lowest BCUT2D eigenvalue weighted by molar-refractivity contribution is 0.186. The predicted molar refractivity (Wildman–Crippen MR) is 178 cm³/mol.